The van der Waals surface area contributed by atoms with Gasteiger partial charge in [-0.2, -0.15) is 0 Å². The van der Waals surface area contributed by atoms with Gasteiger partial charge in [0.2, 0.25) is 5.91 Å². The van der Waals surface area contributed by atoms with Crippen LogP contribution in [0, 0.1) is 5.41 Å². The molecule has 0 aromatic heterocycles. The number of carboxylic acids is 1. The highest BCUT2D eigenvalue weighted by Crippen LogP contribution is 2.31. The number of halogens is 1. The Morgan fingerprint density at radius 1 is 1.45 bits per heavy atom. The van der Waals surface area contributed by atoms with E-state index in [4.69, 9.17) is 4.74 Å². The zero-order chi connectivity index (χ0) is 16.3. The fourth-order valence-corrected chi connectivity index (χ4v) is 3.10. The summed E-state index contributed by atoms with van der Waals surface area (Å²) in [6.07, 6.45) is 1.43. The summed E-state index contributed by atoms with van der Waals surface area (Å²) in [4.78, 5) is 25.2. The van der Waals surface area contributed by atoms with E-state index in [9.17, 15) is 14.7 Å². The Morgan fingerprint density at radius 3 is 2.77 bits per heavy atom. The van der Waals surface area contributed by atoms with Crippen LogP contribution in [0.1, 0.15) is 25.3 Å². The molecule has 1 aliphatic heterocycles. The van der Waals surface area contributed by atoms with Crippen molar-refractivity contribution in [1.82, 2.24) is 4.90 Å². The lowest BCUT2D eigenvalue weighted by molar-refractivity contribution is -0.147. The van der Waals surface area contributed by atoms with Crippen LogP contribution < -0.4 is 4.74 Å². The van der Waals surface area contributed by atoms with Crippen molar-refractivity contribution >= 4 is 27.8 Å². The highest BCUT2D eigenvalue weighted by molar-refractivity contribution is 9.10. The van der Waals surface area contributed by atoms with Gasteiger partial charge in [0.15, 0.2) is 0 Å². The fourth-order valence-electron chi connectivity index (χ4n) is 2.69. The number of methoxy groups -OCH3 is 1. The van der Waals surface area contributed by atoms with Crippen molar-refractivity contribution in [2.24, 2.45) is 5.41 Å². The molecule has 22 heavy (non-hydrogen) atoms. The van der Waals surface area contributed by atoms with Crippen LogP contribution in [-0.4, -0.2) is 42.1 Å². The number of ether oxygens (including phenoxy) is 1. The Labute approximate surface area is 138 Å². The summed E-state index contributed by atoms with van der Waals surface area (Å²) in [6, 6.07) is 5.70. The van der Waals surface area contributed by atoms with Gasteiger partial charge < -0.3 is 14.7 Å². The van der Waals surface area contributed by atoms with E-state index in [-0.39, 0.29) is 12.5 Å². The number of hydrogen-bond donors (Lipinski definition) is 1. The Kier molecular flexibility index (Phi) is 5.11. The van der Waals surface area contributed by atoms with Crippen molar-refractivity contribution in [3.63, 3.8) is 0 Å². The molecule has 1 aliphatic rings. The molecule has 1 atom stereocenters. The highest BCUT2D eigenvalue weighted by Gasteiger charge is 2.41. The van der Waals surface area contributed by atoms with Gasteiger partial charge >= 0.3 is 5.97 Å². The third-order valence-corrected chi connectivity index (χ3v) is 4.69. The zero-order valence-electron chi connectivity index (χ0n) is 12.8. The van der Waals surface area contributed by atoms with Gasteiger partial charge in [-0.1, -0.05) is 15.9 Å². The Morgan fingerprint density at radius 2 is 2.18 bits per heavy atom. The Balaban J connectivity index is 1.97. The summed E-state index contributed by atoms with van der Waals surface area (Å²) in [7, 11) is 1.60. The number of hydrogen-bond acceptors (Lipinski definition) is 3. The van der Waals surface area contributed by atoms with Crippen LogP contribution in [0.5, 0.6) is 5.75 Å². The second-order valence-corrected chi connectivity index (χ2v) is 6.80. The molecule has 1 saturated heterocycles. The third kappa shape index (κ3) is 3.61. The molecule has 1 heterocycles. The molecule has 1 aromatic rings. The predicted molar refractivity (Wildman–Crippen MR) is 86.0 cm³/mol. The Hall–Kier alpha value is -1.56. The summed E-state index contributed by atoms with van der Waals surface area (Å²) >= 11 is 3.41. The van der Waals surface area contributed by atoms with Gasteiger partial charge in [-0.05, 0) is 43.5 Å². The number of benzene rings is 1. The van der Waals surface area contributed by atoms with Crippen LogP contribution >= 0.6 is 15.9 Å². The molecule has 0 bridgehead atoms. The number of nitrogens with zero attached hydrogens (tertiary/aromatic N) is 1. The van der Waals surface area contributed by atoms with Crippen LogP contribution in [-0.2, 0) is 16.0 Å². The SMILES string of the molecule is COc1ccc(Br)cc1CCC(=O)N1CC[C@@](C)(C(=O)O)C1. The number of carboxylic acid groups (broad SMARTS) is 1. The number of aryl methyl sites for hydroxylation is 1. The van der Waals surface area contributed by atoms with Gasteiger partial charge in [-0.25, -0.2) is 0 Å². The van der Waals surface area contributed by atoms with Crippen LogP contribution in [0.15, 0.2) is 22.7 Å². The molecule has 0 saturated carbocycles. The molecular formula is C16H20BrNO4. The van der Waals surface area contributed by atoms with Crippen molar-refractivity contribution in [1.29, 1.82) is 0 Å². The third-order valence-electron chi connectivity index (χ3n) is 4.19. The fraction of sp³-hybridized carbons (Fsp3) is 0.500. The first-order chi connectivity index (χ1) is 10.4. The number of carbonyl (C=O) groups is 2. The normalized spacial score (nSPS) is 21.0. The van der Waals surface area contributed by atoms with Gasteiger partial charge in [-0.15, -0.1) is 0 Å². The number of amides is 1. The molecule has 0 spiro atoms. The van der Waals surface area contributed by atoms with Gasteiger partial charge in [0.05, 0.1) is 12.5 Å². The maximum atomic E-state index is 12.3. The first kappa shape index (κ1) is 16.8. The van der Waals surface area contributed by atoms with Gasteiger partial charge in [0.1, 0.15) is 5.75 Å². The minimum atomic E-state index is -0.837. The van der Waals surface area contributed by atoms with Crippen LogP contribution in [0.2, 0.25) is 0 Å². The number of rotatable bonds is 5. The molecule has 1 fully saturated rings. The lowest BCUT2D eigenvalue weighted by atomic mass is 9.90. The van der Waals surface area contributed by atoms with Crippen LogP contribution in [0.4, 0.5) is 0 Å². The molecule has 0 aliphatic carbocycles. The van der Waals surface area contributed by atoms with Gasteiger partial charge in [0.25, 0.3) is 0 Å². The van der Waals surface area contributed by atoms with E-state index in [0.717, 1.165) is 15.8 Å². The minimum Gasteiger partial charge on any atom is -0.496 e. The number of aliphatic carboxylic acids is 1. The van der Waals surface area contributed by atoms with E-state index >= 15 is 0 Å². The Bertz CT molecular complexity index is 590. The zero-order valence-corrected chi connectivity index (χ0v) is 14.4. The van der Waals surface area contributed by atoms with Crippen molar-refractivity contribution in [3.8, 4) is 5.75 Å². The van der Waals surface area contributed by atoms with Crippen molar-refractivity contribution in [2.45, 2.75) is 26.2 Å². The molecule has 1 N–H and O–H groups in total. The summed E-state index contributed by atoms with van der Waals surface area (Å²) in [5.41, 5.74) is 0.147. The van der Waals surface area contributed by atoms with E-state index in [1.165, 1.54) is 0 Å². The van der Waals surface area contributed by atoms with E-state index in [1.54, 1.807) is 18.9 Å². The molecule has 1 amide bonds. The average molecular weight is 370 g/mol. The maximum Gasteiger partial charge on any atom is 0.311 e. The summed E-state index contributed by atoms with van der Waals surface area (Å²) in [5, 5.41) is 9.22. The highest BCUT2D eigenvalue weighted by atomic mass is 79.9. The predicted octanol–water partition coefficient (Wildman–Crippen LogP) is 2.71. The van der Waals surface area contributed by atoms with Gasteiger partial charge in [0, 0.05) is 24.0 Å². The topological polar surface area (TPSA) is 66.8 Å². The van der Waals surface area contributed by atoms with E-state index in [2.05, 4.69) is 15.9 Å². The van der Waals surface area contributed by atoms with Gasteiger partial charge in [-0.3, -0.25) is 9.59 Å². The lowest BCUT2D eigenvalue weighted by Crippen LogP contribution is -2.34. The maximum absolute atomic E-state index is 12.3. The largest absolute Gasteiger partial charge is 0.496 e. The second kappa shape index (κ2) is 6.69. The van der Waals surface area contributed by atoms with E-state index < -0.39 is 11.4 Å². The standard InChI is InChI=1S/C16H20BrNO4/c1-16(15(20)21)7-8-18(10-16)14(19)6-3-11-9-12(17)4-5-13(11)22-2/h4-5,9H,3,6-8,10H2,1-2H3,(H,20,21)/t16-/m1/s1. The molecular weight excluding hydrogens is 350 g/mol. The molecule has 6 heteroatoms. The molecule has 0 unspecified atom stereocenters. The summed E-state index contributed by atoms with van der Waals surface area (Å²) < 4.78 is 6.24. The average Bonchev–Trinajstić information content (AvgIpc) is 2.89. The molecule has 120 valence electrons. The van der Waals surface area contributed by atoms with Crippen molar-refractivity contribution in [3.05, 3.63) is 28.2 Å². The molecule has 0 radical (unpaired) electrons. The molecule has 5 nitrogen and oxygen atoms in total. The first-order valence-corrected chi connectivity index (χ1v) is 7.98. The second-order valence-electron chi connectivity index (χ2n) is 5.89. The van der Waals surface area contributed by atoms with E-state index in [0.29, 0.717) is 25.8 Å². The van der Waals surface area contributed by atoms with Crippen LogP contribution in [0.25, 0.3) is 0 Å². The summed E-state index contributed by atoms with van der Waals surface area (Å²) in [6.45, 7) is 2.49. The summed E-state index contributed by atoms with van der Waals surface area (Å²) in [5.74, 6) is -0.0868. The quantitative estimate of drug-likeness (QED) is 0.866. The first-order valence-electron chi connectivity index (χ1n) is 7.19. The smallest absolute Gasteiger partial charge is 0.311 e. The van der Waals surface area contributed by atoms with Crippen molar-refractivity contribution < 1.29 is 19.4 Å². The molecule has 2 rings (SSSR count). The minimum absolute atomic E-state index is 0.00740. The molecule has 1 aromatic carbocycles. The number of carbonyl (C=O) groups excluding carboxylic acids is 1. The van der Waals surface area contributed by atoms with Crippen molar-refractivity contribution in [2.75, 3.05) is 20.2 Å². The lowest BCUT2D eigenvalue weighted by Gasteiger charge is -2.20. The van der Waals surface area contributed by atoms with E-state index in [1.807, 2.05) is 18.2 Å². The van der Waals surface area contributed by atoms with Crippen LogP contribution in [0.3, 0.4) is 0 Å². The monoisotopic (exact) mass is 369 g/mol. The number of likely N-dealkylation sites (tertiary alicyclic amines) is 1.